The predicted molar refractivity (Wildman–Crippen MR) is 67.2 cm³/mol. The Morgan fingerprint density at radius 3 is 2.17 bits per heavy atom. The number of amides is 2. The van der Waals surface area contributed by atoms with Gasteiger partial charge in [0.1, 0.15) is 0 Å². The fraction of sp³-hybridized carbons (Fsp3) is 0.846. The summed E-state index contributed by atoms with van der Waals surface area (Å²) in [6.07, 6.45) is 0.549. The molecule has 0 aliphatic carbocycles. The van der Waals surface area contributed by atoms with Gasteiger partial charge in [0.05, 0.1) is 5.41 Å². The van der Waals surface area contributed by atoms with E-state index < -0.39 is 11.4 Å². The topological polar surface area (TPSA) is 60.9 Å². The van der Waals surface area contributed by atoms with E-state index in [2.05, 4.69) is 13.8 Å². The Morgan fingerprint density at radius 2 is 1.72 bits per heavy atom. The first-order valence-electron chi connectivity index (χ1n) is 6.61. The largest absolute Gasteiger partial charge is 0.481 e. The lowest BCUT2D eigenvalue weighted by atomic mass is 9.90. The first-order chi connectivity index (χ1) is 8.33. The van der Waals surface area contributed by atoms with Crippen LogP contribution in [-0.4, -0.2) is 53.1 Å². The van der Waals surface area contributed by atoms with Gasteiger partial charge < -0.3 is 14.9 Å². The van der Waals surface area contributed by atoms with Gasteiger partial charge in [-0.3, -0.25) is 4.79 Å². The van der Waals surface area contributed by atoms with Crippen LogP contribution in [0.3, 0.4) is 0 Å². The Bertz CT molecular complexity index is 361. The van der Waals surface area contributed by atoms with Gasteiger partial charge >= 0.3 is 12.0 Å². The molecular weight excluding hydrogens is 232 g/mol. The van der Waals surface area contributed by atoms with Crippen LogP contribution in [0.2, 0.25) is 0 Å². The number of carboxylic acid groups (broad SMARTS) is 1. The van der Waals surface area contributed by atoms with Crippen molar-refractivity contribution in [2.75, 3.05) is 26.2 Å². The van der Waals surface area contributed by atoms with Crippen molar-refractivity contribution in [3.63, 3.8) is 0 Å². The maximum atomic E-state index is 12.3. The summed E-state index contributed by atoms with van der Waals surface area (Å²) >= 11 is 0. The van der Waals surface area contributed by atoms with Crippen molar-refractivity contribution in [1.82, 2.24) is 9.80 Å². The number of likely N-dealkylation sites (tertiary alicyclic amines) is 2. The first kappa shape index (κ1) is 13.2. The SMILES string of the molecule is CC1CN(C(=O)N2CCC(C)(C(=O)O)C2)CC1C. The van der Waals surface area contributed by atoms with Crippen LogP contribution < -0.4 is 0 Å². The molecule has 0 radical (unpaired) electrons. The molecule has 0 spiro atoms. The van der Waals surface area contributed by atoms with E-state index in [-0.39, 0.29) is 6.03 Å². The third-order valence-corrected chi connectivity index (χ3v) is 4.52. The van der Waals surface area contributed by atoms with Crippen molar-refractivity contribution >= 4 is 12.0 Å². The number of hydrogen-bond acceptors (Lipinski definition) is 2. The summed E-state index contributed by atoms with van der Waals surface area (Å²) in [4.78, 5) is 27.0. The van der Waals surface area contributed by atoms with E-state index in [9.17, 15) is 9.59 Å². The average molecular weight is 254 g/mol. The number of carbonyl (C=O) groups is 2. The molecule has 2 aliphatic rings. The van der Waals surface area contributed by atoms with Crippen molar-refractivity contribution in [2.45, 2.75) is 27.2 Å². The second kappa shape index (κ2) is 4.44. The molecule has 2 aliphatic heterocycles. The predicted octanol–water partition coefficient (Wildman–Crippen LogP) is 1.49. The Balaban J connectivity index is 1.98. The minimum Gasteiger partial charge on any atom is -0.481 e. The highest BCUT2D eigenvalue weighted by molar-refractivity contribution is 5.79. The standard InChI is InChI=1S/C13H22N2O3/c1-9-6-15(7-10(9)2)12(18)14-5-4-13(3,8-14)11(16)17/h9-10H,4-8H2,1-3H3,(H,16,17). The maximum absolute atomic E-state index is 12.3. The highest BCUT2D eigenvalue weighted by atomic mass is 16.4. The van der Waals surface area contributed by atoms with Gasteiger partial charge in [-0.05, 0) is 25.2 Å². The van der Waals surface area contributed by atoms with Gasteiger partial charge in [-0.1, -0.05) is 13.8 Å². The summed E-state index contributed by atoms with van der Waals surface area (Å²) in [6.45, 7) is 8.51. The van der Waals surface area contributed by atoms with Gasteiger partial charge in [-0.15, -0.1) is 0 Å². The summed E-state index contributed by atoms with van der Waals surface area (Å²) in [6, 6.07) is 0.0103. The number of carboxylic acids is 1. The lowest BCUT2D eigenvalue weighted by Crippen LogP contribution is -2.42. The fourth-order valence-corrected chi connectivity index (χ4v) is 2.78. The minimum atomic E-state index is -0.805. The van der Waals surface area contributed by atoms with Crippen LogP contribution in [0.25, 0.3) is 0 Å². The Labute approximate surface area is 108 Å². The minimum absolute atomic E-state index is 0.0103. The average Bonchev–Trinajstić information content (AvgIpc) is 2.84. The maximum Gasteiger partial charge on any atom is 0.320 e. The van der Waals surface area contributed by atoms with E-state index in [0.29, 0.717) is 31.3 Å². The van der Waals surface area contributed by atoms with Gasteiger partial charge in [0.15, 0.2) is 0 Å². The van der Waals surface area contributed by atoms with Gasteiger partial charge in [-0.25, -0.2) is 4.79 Å². The molecule has 0 bridgehead atoms. The zero-order chi connectivity index (χ0) is 13.5. The second-order valence-corrected chi connectivity index (χ2v) is 6.18. The number of urea groups is 1. The molecule has 2 saturated heterocycles. The monoisotopic (exact) mass is 254 g/mol. The summed E-state index contributed by atoms with van der Waals surface area (Å²) in [5, 5.41) is 9.17. The van der Waals surface area contributed by atoms with Crippen LogP contribution in [0.4, 0.5) is 4.79 Å². The lowest BCUT2D eigenvalue weighted by Gasteiger charge is -2.25. The molecule has 102 valence electrons. The molecule has 3 unspecified atom stereocenters. The van der Waals surface area contributed by atoms with Crippen molar-refractivity contribution in [3.05, 3.63) is 0 Å². The molecule has 0 aromatic rings. The van der Waals surface area contributed by atoms with Crippen molar-refractivity contribution in [2.24, 2.45) is 17.3 Å². The summed E-state index contributed by atoms with van der Waals surface area (Å²) in [7, 11) is 0. The number of hydrogen-bond donors (Lipinski definition) is 1. The van der Waals surface area contributed by atoms with E-state index in [0.717, 1.165) is 13.1 Å². The molecule has 2 fully saturated rings. The van der Waals surface area contributed by atoms with E-state index in [1.807, 2.05) is 4.90 Å². The van der Waals surface area contributed by atoms with Gasteiger partial charge in [-0.2, -0.15) is 0 Å². The third-order valence-electron chi connectivity index (χ3n) is 4.52. The first-order valence-corrected chi connectivity index (χ1v) is 6.61. The molecule has 3 atom stereocenters. The molecule has 5 nitrogen and oxygen atoms in total. The third kappa shape index (κ3) is 2.18. The molecule has 5 heteroatoms. The molecule has 2 rings (SSSR count). The lowest BCUT2D eigenvalue weighted by molar-refractivity contribution is -0.147. The normalized spacial score (nSPS) is 36.2. The van der Waals surface area contributed by atoms with Crippen molar-refractivity contribution < 1.29 is 14.7 Å². The Morgan fingerprint density at radius 1 is 1.17 bits per heavy atom. The van der Waals surface area contributed by atoms with Crippen molar-refractivity contribution in [3.8, 4) is 0 Å². The van der Waals surface area contributed by atoms with Gasteiger partial charge in [0.2, 0.25) is 0 Å². The molecule has 1 N–H and O–H groups in total. The number of nitrogens with zero attached hydrogens (tertiary/aromatic N) is 2. The molecule has 0 saturated carbocycles. The van der Waals surface area contributed by atoms with Crippen LogP contribution in [0.15, 0.2) is 0 Å². The number of aliphatic carboxylic acids is 1. The fourth-order valence-electron chi connectivity index (χ4n) is 2.78. The molecule has 0 aromatic carbocycles. The molecular formula is C13H22N2O3. The quantitative estimate of drug-likeness (QED) is 0.771. The van der Waals surface area contributed by atoms with Crippen LogP contribution in [-0.2, 0) is 4.79 Å². The van der Waals surface area contributed by atoms with E-state index in [1.54, 1.807) is 11.8 Å². The highest BCUT2D eigenvalue weighted by Crippen LogP contribution is 2.32. The second-order valence-electron chi connectivity index (χ2n) is 6.18. The van der Waals surface area contributed by atoms with Crippen LogP contribution in [0, 0.1) is 17.3 Å². The van der Waals surface area contributed by atoms with Crippen LogP contribution in [0.5, 0.6) is 0 Å². The zero-order valence-corrected chi connectivity index (χ0v) is 11.3. The zero-order valence-electron chi connectivity index (χ0n) is 11.3. The molecule has 0 aromatic heterocycles. The summed E-state index contributed by atoms with van der Waals surface area (Å²) in [5.41, 5.74) is -0.771. The number of rotatable bonds is 1. The van der Waals surface area contributed by atoms with Crippen molar-refractivity contribution in [1.29, 1.82) is 0 Å². The van der Waals surface area contributed by atoms with Gasteiger partial charge in [0.25, 0.3) is 0 Å². The van der Waals surface area contributed by atoms with E-state index in [1.165, 1.54) is 0 Å². The molecule has 18 heavy (non-hydrogen) atoms. The molecule has 2 amide bonds. The smallest absolute Gasteiger partial charge is 0.320 e. The Hall–Kier alpha value is -1.26. The summed E-state index contributed by atoms with van der Waals surface area (Å²) in [5.74, 6) is 0.255. The van der Waals surface area contributed by atoms with Crippen LogP contribution >= 0.6 is 0 Å². The van der Waals surface area contributed by atoms with Crippen LogP contribution in [0.1, 0.15) is 27.2 Å². The van der Waals surface area contributed by atoms with Gasteiger partial charge in [0, 0.05) is 26.2 Å². The van der Waals surface area contributed by atoms with E-state index >= 15 is 0 Å². The summed E-state index contributed by atoms with van der Waals surface area (Å²) < 4.78 is 0. The highest BCUT2D eigenvalue weighted by Gasteiger charge is 2.44. The molecule has 2 heterocycles. The Kier molecular flexibility index (Phi) is 3.25. The number of carbonyl (C=O) groups excluding carboxylic acids is 1. The van der Waals surface area contributed by atoms with E-state index in [4.69, 9.17) is 5.11 Å².